The second-order valence-electron chi connectivity index (χ2n) is 9.75. The second-order valence-corrected chi connectivity index (χ2v) is 12.6. The lowest BCUT2D eigenvalue weighted by molar-refractivity contribution is -0.139. The summed E-state index contributed by atoms with van der Waals surface area (Å²) in [6.07, 6.45) is 2.73. The second kappa shape index (κ2) is 10.3. The Balaban J connectivity index is 1.60. The monoisotopic (exact) mass is 583 g/mol. The summed E-state index contributed by atoms with van der Waals surface area (Å²) < 4.78 is 75.8. The Hall–Kier alpha value is -2.81. The van der Waals surface area contributed by atoms with Gasteiger partial charge in [-0.25, -0.2) is 31.4 Å². The first-order chi connectivity index (χ1) is 18.4. The molecule has 1 aromatic carbocycles. The van der Waals surface area contributed by atoms with E-state index in [-0.39, 0.29) is 37.4 Å². The number of halogens is 3. The van der Waals surface area contributed by atoms with E-state index >= 15 is 8.78 Å². The van der Waals surface area contributed by atoms with Crippen molar-refractivity contribution < 1.29 is 31.1 Å². The van der Waals surface area contributed by atoms with Crippen LogP contribution in [0.15, 0.2) is 46.0 Å². The molecule has 39 heavy (non-hydrogen) atoms. The van der Waals surface area contributed by atoms with Gasteiger partial charge in [0.05, 0.1) is 25.0 Å². The number of sulfonamides is 1. The van der Waals surface area contributed by atoms with Gasteiger partial charge in [-0.15, -0.1) is 11.3 Å². The Labute approximate surface area is 228 Å². The molecule has 2 aromatic rings. The third kappa shape index (κ3) is 5.10. The number of carbonyl (C=O) groups is 1. The number of esters is 1. The van der Waals surface area contributed by atoms with Crippen molar-refractivity contribution in [3.8, 4) is 0 Å². The fraction of sp³-hybridized carbons (Fsp3) is 0.480. The van der Waals surface area contributed by atoms with E-state index in [9.17, 15) is 17.6 Å². The molecule has 0 spiro atoms. The van der Waals surface area contributed by atoms with Crippen molar-refractivity contribution >= 4 is 33.2 Å². The van der Waals surface area contributed by atoms with Gasteiger partial charge in [0.1, 0.15) is 17.9 Å². The van der Waals surface area contributed by atoms with Crippen LogP contribution in [0.25, 0.3) is 0 Å². The number of hydrogen-bond acceptors (Lipinski definition) is 9. The molecule has 2 fully saturated rings. The Kier molecular flexibility index (Phi) is 7.33. The Morgan fingerprint density at radius 1 is 1.33 bits per heavy atom. The van der Waals surface area contributed by atoms with Crippen LogP contribution in [0.3, 0.4) is 0 Å². The van der Waals surface area contributed by atoms with Gasteiger partial charge in [0.25, 0.3) is 5.92 Å². The number of nitrogens with one attached hydrogen (secondary N) is 1. The quantitative estimate of drug-likeness (QED) is 0.500. The minimum Gasteiger partial charge on any atom is -0.463 e. The van der Waals surface area contributed by atoms with Crippen LogP contribution in [0.5, 0.6) is 0 Å². The first-order valence-electron chi connectivity index (χ1n) is 12.4. The maximum absolute atomic E-state index is 15.3. The molecule has 210 valence electrons. The molecule has 2 saturated heterocycles. The predicted molar refractivity (Wildman–Crippen MR) is 140 cm³/mol. The highest BCUT2D eigenvalue weighted by Gasteiger charge is 2.61. The molecule has 3 aliphatic rings. The van der Waals surface area contributed by atoms with Crippen LogP contribution in [0.2, 0.25) is 0 Å². The smallest absolute Gasteiger partial charge is 0.338 e. The fourth-order valence-corrected chi connectivity index (χ4v) is 7.35. The number of thiazole rings is 1. The lowest BCUT2D eigenvalue weighted by atomic mass is 9.92. The number of carbonyl (C=O) groups excluding carboxylic acids is 1. The minimum absolute atomic E-state index is 0.0194. The minimum atomic E-state index is -3.84. The highest BCUT2D eigenvalue weighted by Crippen LogP contribution is 2.43. The van der Waals surface area contributed by atoms with Gasteiger partial charge in [-0.05, 0) is 37.5 Å². The molecular weight excluding hydrogens is 555 g/mol. The molecule has 3 aliphatic heterocycles. The molecule has 0 bridgehead atoms. The maximum atomic E-state index is 15.3. The molecule has 3 atom stereocenters. The Morgan fingerprint density at radius 3 is 2.77 bits per heavy atom. The lowest BCUT2D eigenvalue weighted by Gasteiger charge is -2.31. The number of benzene rings is 1. The van der Waals surface area contributed by atoms with Crippen LogP contribution in [-0.2, 0) is 19.6 Å². The van der Waals surface area contributed by atoms with Crippen molar-refractivity contribution in [1.29, 1.82) is 0 Å². The number of alkyl halides is 2. The number of aromatic nitrogens is 1. The lowest BCUT2D eigenvalue weighted by Crippen LogP contribution is -2.47. The number of aliphatic imine (C=N–C) groups is 1. The largest absolute Gasteiger partial charge is 0.463 e. The van der Waals surface area contributed by atoms with Crippen LogP contribution in [0.4, 0.5) is 13.2 Å². The van der Waals surface area contributed by atoms with Crippen LogP contribution in [-0.4, -0.2) is 84.9 Å². The average Bonchev–Trinajstić information content (AvgIpc) is 3.59. The van der Waals surface area contributed by atoms with Crippen LogP contribution in [0.1, 0.15) is 35.5 Å². The van der Waals surface area contributed by atoms with E-state index in [1.54, 1.807) is 31.5 Å². The standard InChI is InChI=1S/C25H28F3N5O4S2/c1-4-37-24(34)19-17(12-32-13-25(27,28)21-18(32)8-10-33(21)39(3,35)36)30-22(23-29-9-11-38-23)31-20(19)15-6-5-7-16(26)14(15)2/h5-7,9,11,18,20-21H,4,8,10,12-13H2,1-3H3,(H,30,31)/t18-,20-,21+/m0/s1. The summed E-state index contributed by atoms with van der Waals surface area (Å²) in [7, 11) is -3.84. The molecule has 1 N–H and O–H groups in total. The SMILES string of the molecule is CCOC(=O)C1=C(CN2CC(F)(F)[C@H]3[C@@H]2CCN3S(C)(=O)=O)NC(c2nccs2)=N[C@H]1c1cccc(F)c1C. The normalized spacial score (nSPS) is 25.4. The van der Waals surface area contributed by atoms with Gasteiger partial charge in [0.15, 0.2) is 10.8 Å². The van der Waals surface area contributed by atoms with Gasteiger partial charge in [-0.3, -0.25) is 9.89 Å². The van der Waals surface area contributed by atoms with Gasteiger partial charge in [-0.1, -0.05) is 12.1 Å². The molecule has 14 heteroatoms. The van der Waals surface area contributed by atoms with Crippen molar-refractivity contribution in [3.63, 3.8) is 0 Å². The number of rotatable bonds is 7. The summed E-state index contributed by atoms with van der Waals surface area (Å²) in [5, 5.41) is 5.37. The summed E-state index contributed by atoms with van der Waals surface area (Å²) >= 11 is 1.29. The van der Waals surface area contributed by atoms with E-state index in [0.717, 1.165) is 10.6 Å². The molecule has 4 heterocycles. The molecule has 1 aromatic heterocycles. The number of hydrogen-bond donors (Lipinski definition) is 1. The van der Waals surface area contributed by atoms with Crippen molar-refractivity contribution in [1.82, 2.24) is 19.5 Å². The predicted octanol–water partition coefficient (Wildman–Crippen LogP) is 2.85. The van der Waals surface area contributed by atoms with E-state index in [1.165, 1.54) is 28.4 Å². The number of likely N-dealkylation sites (tertiary alicyclic amines) is 1. The number of amidine groups is 1. The van der Waals surface area contributed by atoms with E-state index in [1.807, 2.05) is 0 Å². The van der Waals surface area contributed by atoms with Crippen LogP contribution < -0.4 is 5.32 Å². The Bertz CT molecular complexity index is 1450. The number of ether oxygens (including phenoxy) is 1. The van der Waals surface area contributed by atoms with Crippen molar-refractivity contribution in [2.75, 3.05) is 32.5 Å². The van der Waals surface area contributed by atoms with E-state index in [0.29, 0.717) is 22.0 Å². The summed E-state index contributed by atoms with van der Waals surface area (Å²) in [4.78, 5) is 23.9. The maximum Gasteiger partial charge on any atom is 0.338 e. The Morgan fingerprint density at radius 2 is 2.10 bits per heavy atom. The summed E-state index contributed by atoms with van der Waals surface area (Å²) in [6, 6.07) is 1.24. The fourth-order valence-electron chi connectivity index (χ4n) is 5.62. The number of nitrogens with zero attached hydrogens (tertiary/aromatic N) is 4. The highest BCUT2D eigenvalue weighted by molar-refractivity contribution is 7.88. The van der Waals surface area contributed by atoms with Crippen LogP contribution >= 0.6 is 11.3 Å². The summed E-state index contributed by atoms with van der Waals surface area (Å²) in [5.74, 6) is -4.17. The van der Waals surface area contributed by atoms with E-state index < -0.39 is 52.4 Å². The molecule has 0 unspecified atom stereocenters. The zero-order valence-electron chi connectivity index (χ0n) is 21.5. The van der Waals surface area contributed by atoms with Crippen molar-refractivity contribution in [2.45, 2.75) is 44.3 Å². The molecule has 0 radical (unpaired) electrons. The average molecular weight is 584 g/mol. The summed E-state index contributed by atoms with van der Waals surface area (Å²) in [5.41, 5.74) is 1.08. The molecule has 9 nitrogen and oxygen atoms in total. The van der Waals surface area contributed by atoms with Gasteiger partial charge in [-0.2, -0.15) is 4.31 Å². The zero-order valence-corrected chi connectivity index (χ0v) is 23.2. The van der Waals surface area contributed by atoms with Crippen LogP contribution in [0, 0.1) is 12.7 Å². The molecule has 0 aliphatic carbocycles. The number of fused-ring (bicyclic) bond motifs is 1. The molecule has 0 amide bonds. The molecule has 0 saturated carbocycles. The van der Waals surface area contributed by atoms with Crippen molar-refractivity contribution in [2.24, 2.45) is 4.99 Å². The third-order valence-corrected chi connectivity index (χ3v) is 9.32. The highest BCUT2D eigenvalue weighted by atomic mass is 32.2. The first kappa shape index (κ1) is 27.7. The zero-order chi connectivity index (χ0) is 28.1. The van der Waals surface area contributed by atoms with Gasteiger partial charge < -0.3 is 10.1 Å². The first-order valence-corrected chi connectivity index (χ1v) is 15.1. The van der Waals surface area contributed by atoms with Crippen molar-refractivity contribution in [3.05, 3.63) is 63.0 Å². The molecular formula is C25H28F3N5O4S2. The van der Waals surface area contributed by atoms with E-state index in [2.05, 4.69) is 10.3 Å². The molecule has 5 rings (SSSR count). The third-order valence-electron chi connectivity index (χ3n) is 7.28. The van der Waals surface area contributed by atoms with Gasteiger partial charge in [0.2, 0.25) is 10.0 Å². The summed E-state index contributed by atoms with van der Waals surface area (Å²) in [6.45, 7) is 2.45. The topological polar surface area (TPSA) is 104 Å². The van der Waals surface area contributed by atoms with Gasteiger partial charge in [0, 0.05) is 36.4 Å². The van der Waals surface area contributed by atoms with Gasteiger partial charge >= 0.3 is 5.97 Å². The van der Waals surface area contributed by atoms with E-state index in [4.69, 9.17) is 9.73 Å².